The molecule has 0 amide bonds. The highest BCUT2D eigenvalue weighted by Crippen LogP contribution is 2.26. The second-order valence-electron chi connectivity index (χ2n) is 7.35. The van der Waals surface area contributed by atoms with E-state index in [1.165, 1.54) is 33.0 Å². The van der Waals surface area contributed by atoms with Crippen molar-refractivity contribution in [1.29, 1.82) is 0 Å². The third kappa shape index (κ3) is 4.40. The SMILES string of the molecule is CCCN(CC)C(N)c1cccc(C)c1CCc1cccc2ccccc12. The standard InChI is InChI=1S/C25H32N2/c1-4-18-27(5-2)25(26)24-15-8-10-19(3)22(24)17-16-21-13-9-12-20-11-6-7-14-23(20)21/h6-15,25H,4-5,16-18,26H2,1-3H3. The van der Waals surface area contributed by atoms with Gasteiger partial charge in [0.1, 0.15) is 0 Å². The van der Waals surface area contributed by atoms with E-state index in [1.54, 1.807) is 0 Å². The molecule has 142 valence electrons. The lowest BCUT2D eigenvalue weighted by Gasteiger charge is -2.29. The molecule has 0 radical (unpaired) electrons. The maximum absolute atomic E-state index is 6.69. The van der Waals surface area contributed by atoms with Crippen molar-refractivity contribution in [2.24, 2.45) is 5.73 Å². The van der Waals surface area contributed by atoms with E-state index in [0.717, 1.165) is 32.4 Å². The summed E-state index contributed by atoms with van der Waals surface area (Å²) in [5, 5.41) is 2.68. The van der Waals surface area contributed by atoms with Crippen molar-refractivity contribution in [3.8, 4) is 0 Å². The van der Waals surface area contributed by atoms with E-state index in [1.807, 2.05) is 0 Å². The van der Waals surface area contributed by atoms with Crippen LogP contribution >= 0.6 is 0 Å². The van der Waals surface area contributed by atoms with Crippen molar-refractivity contribution in [2.75, 3.05) is 13.1 Å². The van der Waals surface area contributed by atoms with Crippen LogP contribution in [0.25, 0.3) is 10.8 Å². The van der Waals surface area contributed by atoms with Crippen molar-refractivity contribution in [2.45, 2.75) is 46.2 Å². The molecule has 27 heavy (non-hydrogen) atoms. The van der Waals surface area contributed by atoms with Crippen molar-refractivity contribution in [3.05, 3.63) is 82.9 Å². The Hall–Kier alpha value is -2.16. The molecular formula is C25H32N2. The molecule has 2 heteroatoms. The number of fused-ring (bicyclic) bond motifs is 1. The monoisotopic (exact) mass is 360 g/mol. The van der Waals surface area contributed by atoms with Gasteiger partial charge in [0.15, 0.2) is 0 Å². The van der Waals surface area contributed by atoms with Gasteiger partial charge in [0.25, 0.3) is 0 Å². The Bertz CT molecular complexity index is 879. The molecule has 0 aliphatic rings. The third-order valence-corrected chi connectivity index (χ3v) is 5.60. The fourth-order valence-electron chi connectivity index (χ4n) is 4.09. The van der Waals surface area contributed by atoms with Gasteiger partial charge in [0.2, 0.25) is 0 Å². The molecule has 0 aliphatic carbocycles. The lowest BCUT2D eigenvalue weighted by Crippen LogP contribution is -2.35. The predicted molar refractivity (Wildman–Crippen MR) is 117 cm³/mol. The number of hydrogen-bond donors (Lipinski definition) is 1. The molecule has 1 atom stereocenters. The van der Waals surface area contributed by atoms with Gasteiger partial charge in [-0.3, -0.25) is 4.90 Å². The number of nitrogens with zero attached hydrogens (tertiary/aromatic N) is 1. The van der Waals surface area contributed by atoms with Crippen LogP contribution in [0.4, 0.5) is 0 Å². The summed E-state index contributed by atoms with van der Waals surface area (Å²) in [4.78, 5) is 2.37. The van der Waals surface area contributed by atoms with Crippen LogP contribution in [-0.4, -0.2) is 18.0 Å². The molecule has 3 aromatic carbocycles. The lowest BCUT2D eigenvalue weighted by atomic mass is 9.92. The summed E-state index contributed by atoms with van der Waals surface area (Å²) in [5.41, 5.74) is 12.1. The molecule has 0 spiro atoms. The molecule has 2 nitrogen and oxygen atoms in total. The average Bonchev–Trinajstić information content (AvgIpc) is 2.70. The molecule has 3 rings (SSSR count). The number of nitrogens with two attached hydrogens (primary N) is 1. The summed E-state index contributed by atoms with van der Waals surface area (Å²) >= 11 is 0. The first kappa shape index (κ1) is 19.6. The van der Waals surface area contributed by atoms with Crippen LogP contribution in [-0.2, 0) is 12.8 Å². The minimum Gasteiger partial charge on any atom is -0.312 e. The van der Waals surface area contributed by atoms with Crippen molar-refractivity contribution < 1.29 is 0 Å². The molecule has 0 saturated heterocycles. The van der Waals surface area contributed by atoms with Crippen molar-refractivity contribution in [3.63, 3.8) is 0 Å². The van der Waals surface area contributed by atoms with Crippen LogP contribution in [0, 0.1) is 6.92 Å². The number of hydrogen-bond acceptors (Lipinski definition) is 2. The zero-order chi connectivity index (χ0) is 19.2. The first-order valence-corrected chi connectivity index (χ1v) is 10.2. The fourth-order valence-corrected chi connectivity index (χ4v) is 4.09. The van der Waals surface area contributed by atoms with Gasteiger partial charge in [-0.05, 0) is 72.3 Å². The average molecular weight is 361 g/mol. The molecule has 0 bridgehead atoms. The zero-order valence-electron chi connectivity index (χ0n) is 16.9. The summed E-state index contributed by atoms with van der Waals surface area (Å²) in [6.07, 6.45) is 3.15. The largest absolute Gasteiger partial charge is 0.312 e. The van der Waals surface area contributed by atoms with Gasteiger partial charge in [-0.1, -0.05) is 74.5 Å². The smallest absolute Gasteiger partial charge is 0.0838 e. The van der Waals surface area contributed by atoms with E-state index < -0.39 is 0 Å². The molecule has 2 N–H and O–H groups in total. The molecule has 0 heterocycles. The highest BCUT2D eigenvalue weighted by atomic mass is 15.2. The third-order valence-electron chi connectivity index (χ3n) is 5.60. The second kappa shape index (κ2) is 9.16. The van der Waals surface area contributed by atoms with Gasteiger partial charge in [-0.2, -0.15) is 0 Å². The Balaban J connectivity index is 1.88. The lowest BCUT2D eigenvalue weighted by molar-refractivity contribution is 0.211. The van der Waals surface area contributed by atoms with Gasteiger partial charge in [0.05, 0.1) is 6.17 Å². The highest BCUT2D eigenvalue weighted by molar-refractivity contribution is 5.85. The van der Waals surface area contributed by atoms with Gasteiger partial charge in [-0.25, -0.2) is 0 Å². The van der Waals surface area contributed by atoms with Crippen LogP contribution < -0.4 is 5.73 Å². The Labute approximate surface area is 164 Å². The van der Waals surface area contributed by atoms with Crippen LogP contribution in [0.3, 0.4) is 0 Å². The fraction of sp³-hybridized carbons (Fsp3) is 0.360. The topological polar surface area (TPSA) is 29.3 Å². The maximum Gasteiger partial charge on any atom is 0.0838 e. The van der Waals surface area contributed by atoms with Crippen molar-refractivity contribution >= 4 is 10.8 Å². The molecule has 0 fully saturated rings. The summed E-state index contributed by atoms with van der Waals surface area (Å²) in [6, 6.07) is 21.9. The highest BCUT2D eigenvalue weighted by Gasteiger charge is 2.18. The molecule has 3 aromatic rings. The molecule has 0 saturated carbocycles. The number of benzene rings is 3. The van der Waals surface area contributed by atoms with Crippen molar-refractivity contribution in [1.82, 2.24) is 4.90 Å². The van der Waals surface area contributed by atoms with Crippen LogP contribution in [0.1, 0.15) is 48.7 Å². The summed E-state index contributed by atoms with van der Waals surface area (Å²) in [7, 11) is 0. The maximum atomic E-state index is 6.69. The zero-order valence-corrected chi connectivity index (χ0v) is 16.9. The van der Waals surface area contributed by atoms with E-state index in [4.69, 9.17) is 5.73 Å². The first-order valence-electron chi connectivity index (χ1n) is 10.2. The van der Waals surface area contributed by atoms with Crippen LogP contribution in [0.5, 0.6) is 0 Å². The quantitative estimate of drug-likeness (QED) is 0.528. The molecule has 0 aromatic heterocycles. The van der Waals surface area contributed by atoms with E-state index in [2.05, 4.69) is 86.3 Å². The Morgan fingerprint density at radius 1 is 0.889 bits per heavy atom. The van der Waals surface area contributed by atoms with Gasteiger partial charge in [-0.15, -0.1) is 0 Å². The summed E-state index contributed by atoms with van der Waals surface area (Å²) in [5.74, 6) is 0. The van der Waals surface area contributed by atoms with E-state index in [-0.39, 0.29) is 6.17 Å². The molecule has 0 aliphatic heterocycles. The second-order valence-corrected chi connectivity index (χ2v) is 7.35. The number of rotatable bonds is 8. The van der Waals surface area contributed by atoms with Gasteiger partial charge < -0.3 is 5.73 Å². The molecular weight excluding hydrogens is 328 g/mol. The Kier molecular flexibility index (Phi) is 6.65. The van der Waals surface area contributed by atoms with Gasteiger partial charge >= 0.3 is 0 Å². The molecule has 1 unspecified atom stereocenters. The van der Waals surface area contributed by atoms with Gasteiger partial charge in [0, 0.05) is 0 Å². The van der Waals surface area contributed by atoms with E-state index >= 15 is 0 Å². The minimum absolute atomic E-state index is 0.0302. The number of aryl methyl sites for hydroxylation is 2. The predicted octanol–water partition coefficient (Wildman–Crippen LogP) is 5.62. The Morgan fingerprint density at radius 3 is 2.41 bits per heavy atom. The summed E-state index contributed by atoms with van der Waals surface area (Å²) < 4.78 is 0. The van der Waals surface area contributed by atoms with Crippen LogP contribution in [0.2, 0.25) is 0 Å². The normalized spacial score (nSPS) is 12.6. The first-order chi connectivity index (χ1) is 13.2. The van der Waals surface area contributed by atoms with E-state index in [9.17, 15) is 0 Å². The van der Waals surface area contributed by atoms with E-state index in [0.29, 0.717) is 0 Å². The minimum atomic E-state index is -0.0302. The Morgan fingerprint density at radius 2 is 1.63 bits per heavy atom. The summed E-state index contributed by atoms with van der Waals surface area (Å²) in [6.45, 7) is 8.64. The van der Waals surface area contributed by atoms with Crippen LogP contribution in [0.15, 0.2) is 60.7 Å².